The van der Waals surface area contributed by atoms with Crippen LogP contribution < -0.4 is 15.2 Å². The van der Waals surface area contributed by atoms with Crippen molar-refractivity contribution in [1.82, 2.24) is 19.1 Å². The average Bonchev–Trinajstić information content (AvgIpc) is 3.74. The minimum atomic E-state index is -3.56. The number of hydrogen-bond acceptors (Lipinski definition) is 7. The van der Waals surface area contributed by atoms with E-state index in [9.17, 15) is 13.2 Å². The predicted molar refractivity (Wildman–Crippen MR) is 164 cm³/mol. The Bertz CT molecular complexity index is 1750. The Morgan fingerprint density at radius 1 is 0.952 bits per heavy atom. The topological polar surface area (TPSA) is 97.6 Å². The van der Waals surface area contributed by atoms with E-state index in [1.165, 1.54) is 8.99 Å². The van der Waals surface area contributed by atoms with Crippen molar-refractivity contribution in [3.05, 3.63) is 100 Å². The second-order valence-corrected chi connectivity index (χ2v) is 13.6. The third kappa shape index (κ3) is 6.21. The summed E-state index contributed by atoms with van der Waals surface area (Å²) in [7, 11) is -3.56. The van der Waals surface area contributed by atoms with Crippen molar-refractivity contribution in [1.29, 1.82) is 0 Å². The fraction of sp³-hybridized carbons (Fsp3) is 0.323. The number of aromatic nitrogens is 3. The lowest BCUT2D eigenvalue weighted by Gasteiger charge is -2.35. The van der Waals surface area contributed by atoms with E-state index in [1.54, 1.807) is 42.9 Å². The number of sulfonamides is 1. The Morgan fingerprint density at radius 2 is 1.71 bits per heavy atom. The zero-order valence-corrected chi connectivity index (χ0v) is 24.9. The van der Waals surface area contributed by atoms with Gasteiger partial charge < -0.3 is 9.64 Å². The smallest absolute Gasteiger partial charge is 0.316 e. The molecule has 2 fully saturated rings. The van der Waals surface area contributed by atoms with Crippen LogP contribution in [0.2, 0.25) is 5.02 Å². The van der Waals surface area contributed by atoms with E-state index in [0.29, 0.717) is 49.2 Å². The molecule has 4 aromatic rings. The molecule has 1 aliphatic heterocycles. The number of benzene rings is 2. The Balaban J connectivity index is 1.19. The number of nitrogens with zero attached hydrogens (tertiary/aromatic N) is 5. The zero-order chi connectivity index (χ0) is 29.3. The summed E-state index contributed by atoms with van der Waals surface area (Å²) in [6.45, 7) is 3.97. The van der Waals surface area contributed by atoms with Crippen LogP contribution in [0.5, 0.6) is 5.75 Å². The van der Waals surface area contributed by atoms with E-state index < -0.39 is 10.0 Å². The lowest BCUT2D eigenvalue weighted by Crippen LogP contribution is -2.49. The first-order valence-electron chi connectivity index (χ1n) is 13.9. The second-order valence-electron chi connectivity index (χ2n) is 11.2. The number of ether oxygens (including phenoxy) is 1. The molecule has 9 nitrogen and oxygen atoms in total. The van der Waals surface area contributed by atoms with Gasteiger partial charge in [0.2, 0.25) is 15.8 Å². The molecule has 0 amide bonds. The lowest BCUT2D eigenvalue weighted by molar-refractivity contribution is 0.242. The summed E-state index contributed by atoms with van der Waals surface area (Å²) < 4.78 is 35.8. The molecule has 0 atom stereocenters. The maximum atomic E-state index is 13.6. The molecule has 218 valence electrons. The third-order valence-corrected chi connectivity index (χ3v) is 9.96. The van der Waals surface area contributed by atoms with Crippen LogP contribution in [-0.2, 0) is 15.8 Å². The molecule has 0 unspecified atom stereocenters. The van der Waals surface area contributed by atoms with Gasteiger partial charge in [-0.05, 0) is 53.8 Å². The van der Waals surface area contributed by atoms with E-state index in [4.69, 9.17) is 16.3 Å². The van der Waals surface area contributed by atoms with E-state index >= 15 is 0 Å². The molecule has 42 heavy (non-hydrogen) atoms. The van der Waals surface area contributed by atoms with Crippen molar-refractivity contribution in [2.45, 2.75) is 25.5 Å². The molecule has 6 rings (SSSR count). The quantitative estimate of drug-likeness (QED) is 0.271. The second kappa shape index (κ2) is 11.5. The van der Waals surface area contributed by atoms with Gasteiger partial charge in [0.25, 0.3) is 0 Å². The first kappa shape index (κ1) is 28.4. The van der Waals surface area contributed by atoms with Gasteiger partial charge in [-0.2, -0.15) is 14.1 Å². The molecule has 2 aromatic heterocycles. The Labute approximate surface area is 250 Å². The van der Waals surface area contributed by atoms with Crippen molar-refractivity contribution in [3.63, 3.8) is 0 Å². The molecular weight excluding hydrogens is 574 g/mol. The van der Waals surface area contributed by atoms with Gasteiger partial charge in [-0.1, -0.05) is 54.9 Å². The van der Waals surface area contributed by atoms with Gasteiger partial charge in [0.15, 0.2) is 0 Å². The maximum absolute atomic E-state index is 13.6. The summed E-state index contributed by atoms with van der Waals surface area (Å²) >= 11 is 6.17. The number of pyridine rings is 1. The van der Waals surface area contributed by atoms with Gasteiger partial charge >= 0.3 is 5.56 Å². The first-order chi connectivity index (χ1) is 20.2. The van der Waals surface area contributed by atoms with Crippen LogP contribution in [0, 0.1) is 5.41 Å². The standard InChI is InChI=1S/C31H32ClN5O4S/c1-31(10-11-31)22-41-29-28(20-34-37(30(29)38)27-9-3-8-26(32)18-27)35-13-15-36(16-14-35)42(39,40)21-23-5-2-6-24(17-23)25-7-4-12-33-19-25/h2-9,12,17-20H,10-11,13-16,21-22H2,1H3. The monoisotopic (exact) mass is 605 g/mol. The number of rotatable bonds is 9. The summed E-state index contributed by atoms with van der Waals surface area (Å²) in [6.07, 6.45) is 7.20. The predicted octanol–water partition coefficient (Wildman–Crippen LogP) is 4.78. The largest absolute Gasteiger partial charge is 0.486 e. The van der Waals surface area contributed by atoms with Gasteiger partial charge in [0, 0.05) is 49.0 Å². The van der Waals surface area contributed by atoms with E-state index in [0.717, 1.165) is 29.5 Å². The normalized spacial score (nSPS) is 16.8. The van der Waals surface area contributed by atoms with Crippen LogP contribution in [0.3, 0.4) is 0 Å². The molecule has 0 radical (unpaired) electrons. The average molecular weight is 606 g/mol. The molecule has 1 saturated heterocycles. The van der Waals surface area contributed by atoms with Crippen LogP contribution >= 0.6 is 11.6 Å². The van der Waals surface area contributed by atoms with Gasteiger partial charge in [0.05, 0.1) is 24.2 Å². The highest BCUT2D eigenvalue weighted by Gasteiger charge is 2.39. The minimum absolute atomic E-state index is 0.0645. The summed E-state index contributed by atoms with van der Waals surface area (Å²) in [4.78, 5) is 19.8. The van der Waals surface area contributed by atoms with Crippen LogP contribution in [0.15, 0.2) is 84.0 Å². The Kier molecular flexibility index (Phi) is 7.78. The molecule has 11 heteroatoms. The third-order valence-electron chi connectivity index (χ3n) is 7.88. The Morgan fingerprint density at radius 3 is 2.43 bits per heavy atom. The van der Waals surface area contributed by atoms with Crippen molar-refractivity contribution in [3.8, 4) is 22.6 Å². The van der Waals surface area contributed by atoms with Gasteiger partial charge in [-0.25, -0.2) is 8.42 Å². The Hall–Kier alpha value is -3.73. The molecule has 0 N–H and O–H groups in total. The van der Waals surface area contributed by atoms with Gasteiger partial charge in [-0.3, -0.25) is 9.78 Å². The number of halogens is 1. The molecule has 1 saturated carbocycles. The number of piperazine rings is 1. The summed E-state index contributed by atoms with van der Waals surface area (Å²) in [5, 5.41) is 4.93. The zero-order valence-electron chi connectivity index (χ0n) is 23.3. The van der Waals surface area contributed by atoms with E-state index in [2.05, 4.69) is 17.0 Å². The SMILES string of the molecule is CC1(COc2c(N3CCN(S(=O)(=O)Cc4cccc(-c5cccnc5)c4)CC3)cnn(-c3cccc(Cl)c3)c2=O)CC1. The fourth-order valence-electron chi connectivity index (χ4n) is 5.07. The first-order valence-corrected chi connectivity index (χ1v) is 15.9. The number of hydrogen-bond donors (Lipinski definition) is 0. The maximum Gasteiger partial charge on any atom is 0.316 e. The molecular formula is C31H32ClN5O4S. The van der Waals surface area contributed by atoms with Crippen molar-refractivity contribution in [2.75, 3.05) is 37.7 Å². The highest BCUT2D eigenvalue weighted by Crippen LogP contribution is 2.45. The van der Waals surface area contributed by atoms with Crippen LogP contribution in [-0.4, -0.2) is 60.3 Å². The van der Waals surface area contributed by atoms with Crippen molar-refractivity contribution < 1.29 is 13.2 Å². The van der Waals surface area contributed by atoms with Crippen LogP contribution in [0.25, 0.3) is 16.8 Å². The molecule has 0 spiro atoms. The molecule has 3 heterocycles. The van der Waals surface area contributed by atoms with E-state index in [1.807, 2.05) is 41.3 Å². The molecule has 2 aromatic carbocycles. The summed E-state index contributed by atoms with van der Waals surface area (Å²) in [6, 6.07) is 18.3. The van der Waals surface area contributed by atoms with E-state index in [-0.39, 0.29) is 22.5 Å². The molecule has 0 bridgehead atoms. The minimum Gasteiger partial charge on any atom is -0.486 e. The highest BCUT2D eigenvalue weighted by atomic mass is 35.5. The van der Waals surface area contributed by atoms with Gasteiger partial charge in [0.1, 0.15) is 5.69 Å². The lowest BCUT2D eigenvalue weighted by atomic mass is 10.1. The van der Waals surface area contributed by atoms with Gasteiger partial charge in [-0.15, -0.1) is 0 Å². The summed E-state index contributed by atoms with van der Waals surface area (Å²) in [5.41, 5.74) is 3.39. The van der Waals surface area contributed by atoms with Crippen molar-refractivity contribution >= 4 is 27.3 Å². The highest BCUT2D eigenvalue weighted by molar-refractivity contribution is 7.88. The van der Waals surface area contributed by atoms with Crippen LogP contribution in [0.1, 0.15) is 25.3 Å². The fourth-order valence-corrected chi connectivity index (χ4v) is 6.76. The molecule has 2 aliphatic rings. The van der Waals surface area contributed by atoms with Crippen molar-refractivity contribution in [2.24, 2.45) is 5.41 Å². The molecule has 1 aliphatic carbocycles. The number of anilines is 1. The summed E-state index contributed by atoms with van der Waals surface area (Å²) in [5.74, 6) is 0.132. The van der Waals surface area contributed by atoms with Crippen LogP contribution in [0.4, 0.5) is 5.69 Å².